The lowest BCUT2D eigenvalue weighted by molar-refractivity contribution is 0.429. The van der Waals surface area contributed by atoms with Gasteiger partial charge >= 0.3 is 0 Å². The highest BCUT2D eigenvalue weighted by atomic mass is 19.1. The minimum atomic E-state index is -0.862. The standard InChI is InChI=1S/C10H11FO2/c1-6(2)7-3-4-9(12)10(13)8(11)5-7/h3-6H,1-2H3,(H,12,13). The lowest BCUT2D eigenvalue weighted by Crippen LogP contribution is -1.94. The zero-order valence-electron chi connectivity index (χ0n) is 7.54. The minimum absolute atomic E-state index is 0.126. The van der Waals surface area contributed by atoms with Gasteiger partial charge in [-0.15, -0.1) is 0 Å². The Balaban J connectivity index is 3.43. The van der Waals surface area contributed by atoms with E-state index in [-0.39, 0.29) is 5.92 Å². The fourth-order valence-corrected chi connectivity index (χ4v) is 0.990. The van der Waals surface area contributed by atoms with Gasteiger partial charge in [0.25, 0.3) is 0 Å². The summed E-state index contributed by atoms with van der Waals surface area (Å²) in [5.74, 6) is -1.55. The van der Waals surface area contributed by atoms with E-state index in [9.17, 15) is 9.18 Å². The third-order valence-corrected chi connectivity index (χ3v) is 1.85. The van der Waals surface area contributed by atoms with Crippen LogP contribution in [-0.4, -0.2) is 5.11 Å². The van der Waals surface area contributed by atoms with Crippen molar-refractivity contribution in [1.29, 1.82) is 0 Å². The Kier molecular flexibility index (Phi) is 2.66. The minimum Gasteiger partial charge on any atom is -0.502 e. The fourth-order valence-electron chi connectivity index (χ4n) is 0.990. The molecule has 0 bridgehead atoms. The Bertz CT molecular complexity index is 372. The number of halogens is 1. The molecule has 0 radical (unpaired) electrons. The summed E-state index contributed by atoms with van der Waals surface area (Å²) in [4.78, 5) is 10.9. The van der Waals surface area contributed by atoms with Crippen LogP contribution in [0.15, 0.2) is 23.0 Å². The maximum Gasteiger partial charge on any atom is 0.223 e. The molecule has 0 saturated heterocycles. The van der Waals surface area contributed by atoms with Crippen molar-refractivity contribution in [3.05, 3.63) is 39.8 Å². The van der Waals surface area contributed by atoms with Gasteiger partial charge in [-0.05, 0) is 23.6 Å². The third kappa shape index (κ3) is 2.05. The Labute approximate surface area is 75.7 Å². The van der Waals surface area contributed by atoms with E-state index in [0.29, 0.717) is 5.56 Å². The Morgan fingerprint density at radius 1 is 1.38 bits per heavy atom. The zero-order chi connectivity index (χ0) is 10.0. The first-order valence-electron chi connectivity index (χ1n) is 4.05. The van der Waals surface area contributed by atoms with Crippen LogP contribution in [0, 0.1) is 5.82 Å². The van der Waals surface area contributed by atoms with Gasteiger partial charge in [-0.1, -0.05) is 19.9 Å². The van der Waals surface area contributed by atoms with Crippen molar-refractivity contribution in [3.8, 4) is 5.75 Å². The molecule has 70 valence electrons. The Morgan fingerprint density at radius 3 is 2.54 bits per heavy atom. The van der Waals surface area contributed by atoms with Crippen LogP contribution in [0.2, 0.25) is 0 Å². The molecular formula is C10H11FO2. The van der Waals surface area contributed by atoms with Gasteiger partial charge in [0.15, 0.2) is 11.6 Å². The summed E-state index contributed by atoms with van der Waals surface area (Å²) in [5, 5.41) is 8.99. The fraction of sp³-hybridized carbons (Fsp3) is 0.300. The zero-order valence-corrected chi connectivity index (χ0v) is 7.54. The van der Waals surface area contributed by atoms with E-state index in [2.05, 4.69) is 0 Å². The first-order valence-corrected chi connectivity index (χ1v) is 4.05. The second-order valence-electron chi connectivity index (χ2n) is 3.19. The quantitative estimate of drug-likeness (QED) is 0.721. The lowest BCUT2D eigenvalue weighted by atomic mass is 10.1. The Hall–Kier alpha value is -1.38. The van der Waals surface area contributed by atoms with Gasteiger partial charge in [0.1, 0.15) is 0 Å². The highest BCUT2D eigenvalue weighted by molar-refractivity contribution is 5.27. The van der Waals surface area contributed by atoms with Crippen molar-refractivity contribution in [2.75, 3.05) is 0 Å². The van der Waals surface area contributed by atoms with E-state index in [1.165, 1.54) is 18.2 Å². The van der Waals surface area contributed by atoms with Crippen LogP contribution in [0.25, 0.3) is 0 Å². The van der Waals surface area contributed by atoms with E-state index in [1.54, 1.807) is 0 Å². The summed E-state index contributed by atoms with van der Waals surface area (Å²) in [7, 11) is 0. The first-order chi connectivity index (χ1) is 6.02. The van der Waals surface area contributed by atoms with Crippen molar-refractivity contribution >= 4 is 0 Å². The highest BCUT2D eigenvalue weighted by Gasteiger charge is 2.05. The van der Waals surface area contributed by atoms with E-state index in [1.807, 2.05) is 13.8 Å². The van der Waals surface area contributed by atoms with Crippen molar-refractivity contribution in [1.82, 2.24) is 0 Å². The summed E-state index contributed by atoms with van der Waals surface area (Å²) >= 11 is 0. The smallest absolute Gasteiger partial charge is 0.223 e. The van der Waals surface area contributed by atoms with Gasteiger partial charge in [-0.25, -0.2) is 4.39 Å². The largest absolute Gasteiger partial charge is 0.502 e. The van der Waals surface area contributed by atoms with E-state index < -0.39 is 17.0 Å². The molecule has 0 unspecified atom stereocenters. The summed E-state index contributed by atoms with van der Waals surface area (Å²) in [6, 6.07) is 3.88. The molecule has 1 rings (SSSR count). The molecule has 0 fully saturated rings. The summed E-state index contributed by atoms with van der Waals surface area (Å²) in [5.41, 5.74) is -0.000648. The molecule has 0 amide bonds. The molecular weight excluding hydrogens is 171 g/mol. The molecule has 0 aliphatic carbocycles. The molecule has 0 aliphatic rings. The summed E-state index contributed by atoms with van der Waals surface area (Å²) in [6.07, 6.45) is 0. The molecule has 0 heterocycles. The number of aromatic hydroxyl groups is 1. The molecule has 0 aromatic heterocycles. The summed E-state index contributed by atoms with van der Waals surface area (Å²) < 4.78 is 13.0. The topological polar surface area (TPSA) is 37.3 Å². The molecule has 1 aromatic carbocycles. The molecule has 0 aliphatic heterocycles. The average Bonchev–Trinajstić information content (AvgIpc) is 2.19. The van der Waals surface area contributed by atoms with Gasteiger partial charge in [0.2, 0.25) is 5.43 Å². The monoisotopic (exact) mass is 182 g/mol. The number of hydrogen-bond donors (Lipinski definition) is 1. The van der Waals surface area contributed by atoms with E-state index in [0.717, 1.165) is 0 Å². The van der Waals surface area contributed by atoms with Gasteiger partial charge < -0.3 is 5.11 Å². The van der Waals surface area contributed by atoms with Crippen LogP contribution < -0.4 is 5.43 Å². The van der Waals surface area contributed by atoms with Gasteiger partial charge in [0, 0.05) is 0 Å². The molecule has 0 spiro atoms. The average molecular weight is 182 g/mol. The molecule has 13 heavy (non-hydrogen) atoms. The predicted molar refractivity (Wildman–Crippen MR) is 48.4 cm³/mol. The van der Waals surface area contributed by atoms with Crippen LogP contribution in [0.5, 0.6) is 5.75 Å². The first kappa shape index (κ1) is 9.71. The van der Waals surface area contributed by atoms with Crippen molar-refractivity contribution in [2.45, 2.75) is 19.8 Å². The highest BCUT2D eigenvalue weighted by Crippen LogP contribution is 2.16. The normalized spacial score (nSPS) is 10.5. The van der Waals surface area contributed by atoms with Gasteiger partial charge in [-0.3, -0.25) is 4.79 Å². The van der Waals surface area contributed by atoms with Crippen LogP contribution in [0.3, 0.4) is 0 Å². The molecule has 2 nitrogen and oxygen atoms in total. The SMILES string of the molecule is CC(C)c1ccc(=O)c(O)c(F)c1. The molecule has 1 N–H and O–H groups in total. The summed E-state index contributed by atoms with van der Waals surface area (Å²) in [6.45, 7) is 3.77. The van der Waals surface area contributed by atoms with Crippen LogP contribution in [0.4, 0.5) is 4.39 Å². The van der Waals surface area contributed by atoms with Crippen LogP contribution >= 0.6 is 0 Å². The second kappa shape index (κ2) is 3.56. The van der Waals surface area contributed by atoms with Crippen molar-refractivity contribution in [3.63, 3.8) is 0 Å². The van der Waals surface area contributed by atoms with E-state index in [4.69, 9.17) is 5.11 Å². The number of hydrogen-bond acceptors (Lipinski definition) is 2. The van der Waals surface area contributed by atoms with Crippen molar-refractivity contribution < 1.29 is 9.50 Å². The Morgan fingerprint density at radius 2 is 2.00 bits per heavy atom. The number of rotatable bonds is 1. The second-order valence-corrected chi connectivity index (χ2v) is 3.19. The predicted octanol–water partition coefficient (Wildman–Crippen LogP) is 2.01. The van der Waals surface area contributed by atoms with Crippen LogP contribution in [0.1, 0.15) is 25.3 Å². The molecule has 0 atom stereocenters. The van der Waals surface area contributed by atoms with Crippen molar-refractivity contribution in [2.24, 2.45) is 0 Å². The molecule has 0 saturated carbocycles. The third-order valence-electron chi connectivity index (χ3n) is 1.85. The van der Waals surface area contributed by atoms with Gasteiger partial charge in [0.05, 0.1) is 0 Å². The molecule has 1 aromatic rings. The maximum absolute atomic E-state index is 13.0. The maximum atomic E-state index is 13.0. The lowest BCUT2D eigenvalue weighted by Gasteiger charge is -1.99. The van der Waals surface area contributed by atoms with E-state index >= 15 is 0 Å². The van der Waals surface area contributed by atoms with Crippen LogP contribution in [-0.2, 0) is 0 Å². The van der Waals surface area contributed by atoms with Gasteiger partial charge in [-0.2, -0.15) is 0 Å². The molecule has 3 heteroatoms.